The van der Waals surface area contributed by atoms with Gasteiger partial charge in [-0.25, -0.2) is 4.79 Å². The van der Waals surface area contributed by atoms with E-state index in [4.69, 9.17) is 4.74 Å². The van der Waals surface area contributed by atoms with Crippen molar-refractivity contribution >= 4 is 12.0 Å². The molecule has 1 saturated heterocycles. The largest absolute Gasteiger partial charge is 0.445 e. The van der Waals surface area contributed by atoms with Gasteiger partial charge in [-0.3, -0.25) is 4.79 Å². The van der Waals surface area contributed by atoms with Gasteiger partial charge in [-0.2, -0.15) is 0 Å². The van der Waals surface area contributed by atoms with Gasteiger partial charge in [-0.05, 0) is 30.7 Å². The lowest BCUT2D eigenvalue weighted by Gasteiger charge is -2.31. The van der Waals surface area contributed by atoms with Crippen LogP contribution in [0.2, 0.25) is 0 Å². The third kappa shape index (κ3) is 5.39. The van der Waals surface area contributed by atoms with Crippen molar-refractivity contribution in [3.8, 4) is 0 Å². The number of hydrogen-bond acceptors (Lipinski definition) is 3. The molecule has 0 atom stereocenters. The molecule has 0 saturated carbocycles. The lowest BCUT2D eigenvalue weighted by atomic mass is 9.94. The summed E-state index contributed by atoms with van der Waals surface area (Å²) in [7, 11) is 0. The van der Waals surface area contributed by atoms with Gasteiger partial charge in [-0.15, -0.1) is 0 Å². The van der Waals surface area contributed by atoms with Crippen molar-refractivity contribution in [1.82, 2.24) is 10.2 Å². The number of amides is 2. The van der Waals surface area contributed by atoms with Crippen molar-refractivity contribution in [2.24, 2.45) is 5.92 Å². The van der Waals surface area contributed by atoms with Crippen LogP contribution in [0.1, 0.15) is 31.7 Å². The number of benzene rings is 1. The molecule has 0 aliphatic carbocycles. The van der Waals surface area contributed by atoms with Crippen LogP contribution in [-0.2, 0) is 16.1 Å². The fourth-order valence-electron chi connectivity index (χ4n) is 2.67. The van der Waals surface area contributed by atoms with Crippen LogP contribution >= 0.6 is 0 Å². The van der Waals surface area contributed by atoms with Gasteiger partial charge in [0.05, 0.1) is 0 Å². The molecule has 0 bridgehead atoms. The molecule has 0 spiro atoms. The smallest absolute Gasteiger partial charge is 0.410 e. The van der Waals surface area contributed by atoms with Crippen LogP contribution < -0.4 is 5.32 Å². The Morgan fingerprint density at radius 1 is 1.23 bits per heavy atom. The summed E-state index contributed by atoms with van der Waals surface area (Å²) in [4.78, 5) is 24.6. The molecule has 5 heteroatoms. The number of hydrogen-bond donors (Lipinski definition) is 1. The fourth-order valence-corrected chi connectivity index (χ4v) is 2.67. The first kappa shape index (κ1) is 16.3. The molecule has 1 aromatic carbocycles. The average Bonchev–Trinajstić information content (AvgIpc) is 2.54. The van der Waals surface area contributed by atoms with E-state index in [0.29, 0.717) is 12.5 Å². The summed E-state index contributed by atoms with van der Waals surface area (Å²) in [6.07, 6.45) is 2.69. The molecule has 120 valence electrons. The maximum atomic E-state index is 12.0. The molecule has 1 aromatic rings. The van der Waals surface area contributed by atoms with Gasteiger partial charge in [0.1, 0.15) is 6.61 Å². The SMILES string of the molecule is CC(=O)NCCC1CCN(C(=O)OCc2ccccc2)CC1. The molecule has 0 aromatic heterocycles. The summed E-state index contributed by atoms with van der Waals surface area (Å²) in [5, 5.41) is 2.82. The summed E-state index contributed by atoms with van der Waals surface area (Å²) in [6, 6.07) is 9.70. The van der Waals surface area contributed by atoms with Crippen LogP contribution in [0.25, 0.3) is 0 Å². The number of piperidine rings is 1. The monoisotopic (exact) mass is 304 g/mol. The van der Waals surface area contributed by atoms with Crippen LogP contribution in [0.4, 0.5) is 4.79 Å². The molecular formula is C17H24N2O3. The Bertz CT molecular complexity index is 482. The van der Waals surface area contributed by atoms with E-state index in [1.807, 2.05) is 30.3 Å². The van der Waals surface area contributed by atoms with Crippen LogP contribution in [0, 0.1) is 5.92 Å². The molecule has 1 aliphatic rings. The van der Waals surface area contributed by atoms with E-state index in [0.717, 1.165) is 44.5 Å². The predicted molar refractivity (Wildman–Crippen MR) is 84.2 cm³/mol. The second-order valence-corrected chi connectivity index (χ2v) is 5.74. The topological polar surface area (TPSA) is 58.6 Å². The van der Waals surface area contributed by atoms with Crippen molar-refractivity contribution in [3.05, 3.63) is 35.9 Å². The van der Waals surface area contributed by atoms with E-state index in [-0.39, 0.29) is 12.0 Å². The number of nitrogens with zero attached hydrogens (tertiary/aromatic N) is 1. The summed E-state index contributed by atoms with van der Waals surface area (Å²) >= 11 is 0. The Morgan fingerprint density at radius 2 is 1.91 bits per heavy atom. The van der Waals surface area contributed by atoms with Crippen molar-refractivity contribution in [1.29, 1.82) is 0 Å². The number of carbonyl (C=O) groups excluding carboxylic acids is 2. The Morgan fingerprint density at radius 3 is 2.55 bits per heavy atom. The molecule has 1 aliphatic heterocycles. The number of nitrogens with one attached hydrogen (secondary N) is 1. The highest BCUT2D eigenvalue weighted by molar-refractivity contribution is 5.72. The van der Waals surface area contributed by atoms with Crippen molar-refractivity contribution in [2.75, 3.05) is 19.6 Å². The van der Waals surface area contributed by atoms with Crippen LogP contribution in [0.15, 0.2) is 30.3 Å². The van der Waals surface area contributed by atoms with Crippen LogP contribution in [0.5, 0.6) is 0 Å². The summed E-state index contributed by atoms with van der Waals surface area (Å²) < 4.78 is 5.35. The number of rotatable bonds is 5. The third-order valence-electron chi connectivity index (χ3n) is 4.00. The predicted octanol–water partition coefficient (Wildman–Crippen LogP) is 2.56. The summed E-state index contributed by atoms with van der Waals surface area (Å²) in [5.74, 6) is 0.590. The highest BCUT2D eigenvalue weighted by atomic mass is 16.6. The van der Waals surface area contributed by atoms with E-state index in [2.05, 4.69) is 5.32 Å². The number of ether oxygens (including phenoxy) is 1. The van der Waals surface area contributed by atoms with Gasteiger partial charge in [-0.1, -0.05) is 30.3 Å². The second kappa shape index (κ2) is 8.41. The van der Waals surface area contributed by atoms with Gasteiger partial charge in [0.15, 0.2) is 0 Å². The molecule has 0 radical (unpaired) electrons. The van der Waals surface area contributed by atoms with E-state index in [9.17, 15) is 9.59 Å². The minimum Gasteiger partial charge on any atom is -0.445 e. The molecular weight excluding hydrogens is 280 g/mol. The Kier molecular flexibility index (Phi) is 6.25. The standard InChI is InChI=1S/C17H24N2O3/c1-14(20)18-10-7-15-8-11-19(12-9-15)17(21)22-13-16-5-3-2-4-6-16/h2-6,15H,7-13H2,1H3,(H,18,20). The zero-order valence-corrected chi connectivity index (χ0v) is 13.1. The normalized spacial score (nSPS) is 15.4. The average molecular weight is 304 g/mol. The first-order valence-electron chi connectivity index (χ1n) is 7.85. The fraction of sp³-hybridized carbons (Fsp3) is 0.529. The highest BCUT2D eigenvalue weighted by Gasteiger charge is 2.23. The highest BCUT2D eigenvalue weighted by Crippen LogP contribution is 2.20. The molecule has 5 nitrogen and oxygen atoms in total. The summed E-state index contributed by atoms with van der Waals surface area (Å²) in [5.41, 5.74) is 1.00. The maximum Gasteiger partial charge on any atom is 0.410 e. The number of likely N-dealkylation sites (tertiary alicyclic amines) is 1. The van der Waals surface area contributed by atoms with Gasteiger partial charge in [0.2, 0.25) is 5.91 Å². The number of carbonyl (C=O) groups is 2. The second-order valence-electron chi connectivity index (χ2n) is 5.74. The molecule has 2 amide bonds. The van der Waals surface area contributed by atoms with Gasteiger partial charge >= 0.3 is 6.09 Å². The maximum absolute atomic E-state index is 12.0. The molecule has 0 unspecified atom stereocenters. The van der Waals surface area contributed by atoms with Gasteiger partial charge < -0.3 is 15.0 Å². The van der Waals surface area contributed by atoms with Crippen LogP contribution in [-0.4, -0.2) is 36.5 Å². The minimum absolute atomic E-state index is 0.0157. The van der Waals surface area contributed by atoms with Crippen LogP contribution in [0.3, 0.4) is 0 Å². The lowest BCUT2D eigenvalue weighted by Crippen LogP contribution is -2.39. The minimum atomic E-state index is -0.232. The van der Waals surface area contributed by atoms with E-state index in [1.54, 1.807) is 4.90 Å². The van der Waals surface area contributed by atoms with Crippen molar-refractivity contribution in [2.45, 2.75) is 32.8 Å². The Balaban J connectivity index is 1.65. The third-order valence-corrected chi connectivity index (χ3v) is 4.00. The first-order valence-corrected chi connectivity index (χ1v) is 7.85. The van der Waals surface area contributed by atoms with E-state index in [1.165, 1.54) is 6.92 Å². The van der Waals surface area contributed by atoms with Gasteiger partial charge in [0, 0.05) is 26.6 Å². The quantitative estimate of drug-likeness (QED) is 0.909. The molecule has 1 fully saturated rings. The summed E-state index contributed by atoms with van der Waals surface area (Å²) in [6.45, 7) is 4.04. The zero-order valence-electron chi connectivity index (χ0n) is 13.1. The van der Waals surface area contributed by atoms with E-state index >= 15 is 0 Å². The Hall–Kier alpha value is -2.04. The Labute approximate surface area is 131 Å². The van der Waals surface area contributed by atoms with E-state index < -0.39 is 0 Å². The molecule has 2 rings (SSSR count). The zero-order chi connectivity index (χ0) is 15.8. The lowest BCUT2D eigenvalue weighted by molar-refractivity contribution is -0.119. The van der Waals surface area contributed by atoms with Crippen molar-refractivity contribution < 1.29 is 14.3 Å². The first-order chi connectivity index (χ1) is 10.6. The van der Waals surface area contributed by atoms with Gasteiger partial charge in [0.25, 0.3) is 0 Å². The molecule has 1 heterocycles. The molecule has 1 N–H and O–H groups in total. The molecule has 22 heavy (non-hydrogen) atoms. The van der Waals surface area contributed by atoms with Crippen molar-refractivity contribution in [3.63, 3.8) is 0 Å².